The van der Waals surface area contributed by atoms with E-state index >= 15 is 0 Å². The molecule has 0 aromatic heterocycles. The van der Waals surface area contributed by atoms with Gasteiger partial charge in [-0.25, -0.2) is 9.59 Å². The van der Waals surface area contributed by atoms with Crippen LogP contribution in [0, 0.1) is 0 Å². The van der Waals surface area contributed by atoms with Crippen molar-refractivity contribution in [3.8, 4) is 0 Å². The quantitative estimate of drug-likeness (QED) is 0.340. The van der Waals surface area contributed by atoms with Crippen LogP contribution in [0.25, 0.3) is 0 Å². The van der Waals surface area contributed by atoms with Gasteiger partial charge in [-0.2, -0.15) is 0 Å². The number of carbonyl (C=O) groups excluding carboxylic acids is 4. The number of carbonyl (C=O) groups is 4. The van der Waals surface area contributed by atoms with Crippen LogP contribution in [0.4, 0.5) is 0 Å². The Bertz CT molecular complexity index is 844. The average Bonchev–Trinajstić information content (AvgIpc) is 3.13. The predicted molar refractivity (Wildman–Crippen MR) is 109 cm³/mol. The monoisotopic (exact) mass is 440 g/mol. The van der Waals surface area contributed by atoms with Crippen LogP contribution >= 0.6 is 0 Å². The number of quaternary nitrogens is 2. The van der Waals surface area contributed by atoms with Gasteiger partial charge in [0, 0.05) is 12.6 Å². The van der Waals surface area contributed by atoms with E-state index in [0.29, 0.717) is 5.57 Å². The molecule has 2 heterocycles. The van der Waals surface area contributed by atoms with E-state index in [9.17, 15) is 24.3 Å². The Labute approximate surface area is 181 Å². The lowest BCUT2D eigenvalue weighted by Gasteiger charge is -2.28. The lowest BCUT2D eigenvalue weighted by molar-refractivity contribution is -0.814. The Morgan fingerprint density at radius 2 is 1.39 bits per heavy atom. The molecule has 0 saturated heterocycles. The first-order valence-corrected chi connectivity index (χ1v) is 9.99. The average molecular weight is 440 g/mol. The summed E-state index contributed by atoms with van der Waals surface area (Å²) in [6.45, 7) is -0.543. The fraction of sp³-hybridized carbons (Fsp3) is 0.600. The van der Waals surface area contributed by atoms with Crippen molar-refractivity contribution in [1.29, 1.82) is 0 Å². The molecule has 0 aromatic rings. The van der Waals surface area contributed by atoms with Crippen molar-refractivity contribution >= 4 is 23.6 Å². The zero-order valence-electron chi connectivity index (χ0n) is 18.5. The van der Waals surface area contributed by atoms with E-state index in [0.717, 1.165) is 0 Å². The number of aliphatic hydroxyl groups is 3. The maximum absolute atomic E-state index is 12.8. The molecule has 0 aromatic carbocycles. The van der Waals surface area contributed by atoms with E-state index in [-0.39, 0.29) is 84.6 Å². The molecule has 2 aliphatic heterocycles. The molecule has 0 fully saturated rings. The topological polar surface area (TPSA) is 135 Å². The lowest BCUT2D eigenvalue weighted by Crippen LogP contribution is -2.52. The van der Waals surface area contributed by atoms with Crippen molar-refractivity contribution in [1.82, 2.24) is 9.80 Å². The van der Waals surface area contributed by atoms with Crippen LogP contribution < -0.4 is 0 Å². The highest BCUT2D eigenvalue weighted by molar-refractivity contribution is 6.05. The summed E-state index contributed by atoms with van der Waals surface area (Å²) in [6.07, 6.45) is 1.22. The maximum atomic E-state index is 12.8. The number of nitrogens with zero attached hydrogens (tertiary/aromatic N) is 4. The van der Waals surface area contributed by atoms with Gasteiger partial charge in [-0.05, 0) is 5.57 Å². The van der Waals surface area contributed by atoms with Crippen LogP contribution in [-0.4, -0.2) is 138 Å². The van der Waals surface area contributed by atoms with Gasteiger partial charge < -0.3 is 25.1 Å². The lowest BCUT2D eigenvalue weighted by atomic mass is 10.1. The molecule has 0 unspecified atom stereocenters. The van der Waals surface area contributed by atoms with Crippen LogP contribution in [0.5, 0.6) is 0 Å². The second-order valence-electron chi connectivity index (χ2n) is 8.90. The summed E-state index contributed by atoms with van der Waals surface area (Å²) in [5.74, 6) is -1.81. The number of rotatable bonds is 9. The van der Waals surface area contributed by atoms with Crippen molar-refractivity contribution < 1.29 is 43.5 Å². The molecule has 0 radical (unpaired) electrons. The molecule has 3 N–H and O–H groups in total. The fourth-order valence-electron chi connectivity index (χ4n) is 3.38. The van der Waals surface area contributed by atoms with Gasteiger partial charge in [0.2, 0.25) is 5.91 Å². The minimum absolute atomic E-state index is 0.0112. The standard InChI is InChI=1S/C20H31N4O7/c1-23(2,5-7-25)17(29)12-21-10-14(9-16(21)28)19-15(27)11-22(20(19)31)13-18(30)24(3,4)6-8-26/h9,25-26H,5-8,10-13H2,1-4H3/q+1/p+1. The van der Waals surface area contributed by atoms with Crippen LogP contribution in [0.3, 0.4) is 0 Å². The van der Waals surface area contributed by atoms with Gasteiger partial charge >= 0.3 is 11.8 Å². The second kappa shape index (κ2) is 9.27. The number of aliphatic hydroxyl groups excluding tert-OH is 3. The molecule has 11 heteroatoms. The first-order valence-electron chi connectivity index (χ1n) is 9.99. The molecule has 172 valence electrons. The van der Waals surface area contributed by atoms with E-state index in [4.69, 9.17) is 10.2 Å². The largest absolute Gasteiger partial charge is 0.510 e. The van der Waals surface area contributed by atoms with Crippen molar-refractivity contribution in [3.05, 3.63) is 23.0 Å². The summed E-state index contributed by atoms with van der Waals surface area (Å²) in [5, 5.41) is 28.6. The van der Waals surface area contributed by atoms with Crippen LogP contribution in [0.1, 0.15) is 0 Å². The van der Waals surface area contributed by atoms with Crippen molar-refractivity contribution in [3.63, 3.8) is 0 Å². The van der Waals surface area contributed by atoms with Gasteiger partial charge in [0.15, 0.2) is 0 Å². The van der Waals surface area contributed by atoms with Gasteiger partial charge in [0.25, 0.3) is 5.91 Å². The maximum Gasteiger partial charge on any atom is 0.332 e. The molecule has 0 bridgehead atoms. The molecule has 31 heavy (non-hydrogen) atoms. The summed E-state index contributed by atoms with van der Waals surface area (Å²) in [7, 11) is 6.51. The highest BCUT2D eigenvalue weighted by Crippen LogP contribution is 2.28. The molecule has 4 amide bonds. The van der Waals surface area contributed by atoms with E-state index in [1.54, 1.807) is 28.2 Å². The minimum atomic E-state index is -0.557. The molecule has 0 spiro atoms. The molecule has 0 saturated carbocycles. The van der Waals surface area contributed by atoms with E-state index in [2.05, 4.69) is 0 Å². The van der Waals surface area contributed by atoms with Gasteiger partial charge in [-0.1, -0.05) is 0 Å². The van der Waals surface area contributed by atoms with Gasteiger partial charge in [0.05, 0.1) is 53.5 Å². The Hall–Kier alpha value is -2.60. The highest BCUT2D eigenvalue weighted by Gasteiger charge is 2.40. The molecule has 11 nitrogen and oxygen atoms in total. The van der Waals surface area contributed by atoms with Crippen molar-refractivity contribution in [2.45, 2.75) is 0 Å². The van der Waals surface area contributed by atoms with E-state index in [1.165, 1.54) is 15.9 Å². The van der Waals surface area contributed by atoms with Gasteiger partial charge in [-0.15, -0.1) is 0 Å². The summed E-state index contributed by atoms with van der Waals surface area (Å²) in [4.78, 5) is 52.7. The zero-order chi connectivity index (χ0) is 23.6. The second-order valence-corrected chi connectivity index (χ2v) is 8.90. The third kappa shape index (κ3) is 5.37. The Morgan fingerprint density at radius 3 is 1.87 bits per heavy atom. The van der Waals surface area contributed by atoms with Gasteiger partial charge in [0.1, 0.15) is 31.9 Å². The third-order valence-corrected chi connectivity index (χ3v) is 5.74. The first-order chi connectivity index (χ1) is 14.3. The van der Waals surface area contributed by atoms with E-state index in [1.807, 2.05) is 0 Å². The van der Waals surface area contributed by atoms with Crippen LogP contribution in [-0.2, 0) is 19.2 Å². The Balaban J connectivity index is 2.07. The molecular weight excluding hydrogens is 408 g/mol. The Kier molecular flexibility index (Phi) is 7.37. The molecular formula is C20H32N4O7+2. The summed E-state index contributed by atoms with van der Waals surface area (Å²) < 4.78 is -0.213. The van der Waals surface area contributed by atoms with Gasteiger partial charge in [-0.3, -0.25) is 18.6 Å². The molecule has 2 aliphatic rings. The van der Waals surface area contributed by atoms with Crippen molar-refractivity contribution in [2.75, 3.05) is 80.7 Å². The van der Waals surface area contributed by atoms with Crippen molar-refractivity contribution in [2.24, 2.45) is 0 Å². The number of likely N-dealkylation sites (N-methyl/N-ethyl adjacent to an activating group) is 2. The summed E-state index contributed by atoms with van der Waals surface area (Å²) in [5.41, 5.74) is 0.277. The number of hydrogen-bond acceptors (Lipinski definition) is 7. The zero-order valence-corrected chi connectivity index (χ0v) is 18.5. The Morgan fingerprint density at radius 1 is 0.903 bits per heavy atom. The first kappa shape index (κ1) is 24.7. The molecule has 0 atom stereocenters. The van der Waals surface area contributed by atoms with Crippen LogP contribution in [0.2, 0.25) is 0 Å². The van der Waals surface area contributed by atoms with E-state index < -0.39 is 11.8 Å². The van der Waals surface area contributed by atoms with Crippen LogP contribution in [0.15, 0.2) is 23.0 Å². The highest BCUT2D eigenvalue weighted by atomic mass is 16.3. The molecule has 0 aliphatic carbocycles. The normalized spacial score (nSPS) is 17.7. The fourth-order valence-corrected chi connectivity index (χ4v) is 3.38. The minimum Gasteiger partial charge on any atom is -0.510 e. The molecule has 2 rings (SSSR count). The smallest absolute Gasteiger partial charge is 0.332 e. The SMILES string of the molecule is C[N+](C)(CCO)C(=O)CN1CC(C2=C(O)CN(CC(=O)[N+](C)(C)CCO)C2=O)=CC1=O. The number of hydrogen-bond donors (Lipinski definition) is 3. The summed E-state index contributed by atoms with van der Waals surface area (Å²) >= 11 is 0. The predicted octanol–water partition coefficient (Wildman–Crippen LogP) is -2.40. The number of amides is 4. The third-order valence-electron chi connectivity index (χ3n) is 5.74. The summed E-state index contributed by atoms with van der Waals surface area (Å²) in [6, 6.07) is 0.